The van der Waals surface area contributed by atoms with Crippen molar-refractivity contribution >= 4 is 58.2 Å². The van der Waals surface area contributed by atoms with Crippen LogP contribution in [0.2, 0.25) is 10.0 Å². The Morgan fingerprint density at radius 2 is 2.25 bits per heavy atom. The van der Waals surface area contributed by atoms with Gasteiger partial charge in [0.05, 0.1) is 35.4 Å². The molecule has 2 N–H and O–H groups in total. The number of carbonyl (C=O) groups excluding carboxylic acids is 1. The Balaban J connectivity index is 2.18. The van der Waals surface area contributed by atoms with Crippen LogP contribution < -0.4 is 10.1 Å². The van der Waals surface area contributed by atoms with Crippen molar-refractivity contribution in [3.63, 3.8) is 0 Å². The van der Waals surface area contributed by atoms with Gasteiger partial charge in [-0.1, -0.05) is 35.0 Å². The van der Waals surface area contributed by atoms with Crippen molar-refractivity contribution in [3.05, 3.63) is 27.5 Å². The number of carboxylic acid groups (broad SMARTS) is 1. The highest BCUT2D eigenvalue weighted by Crippen LogP contribution is 2.34. The highest BCUT2D eigenvalue weighted by Gasteiger charge is 2.32. The summed E-state index contributed by atoms with van der Waals surface area (Å²) in [7, 11) is 1.26. The van der Waals surface area contributed by atoms with Gasteiger partial charge >= 0.3 is 5.97 Å². The Morgan fingerprint density at radius 3 is 2.88 bits per heavy atom. The van der Waals surface area contributed by atoms with Crippen LogP contribution >= 0.6 is 35.0 Å². The topological polar surface area (TPSA) is 100 Å². The number of rotatable bonds is 5. The van der Waals surface area contributed by atoms with Crippen LogP contribution in [0.4, 0.5) is 4.39 Å². The Labute approximate surface area is 149 Å². The molecular weight excluding hydrogens is 384 g/mol. The molecule has 11 heteroatoms. The maximum absolute atomic E-state index is 14.2. The molecule has 128 valence electrons. The van der Waals surface area contributed by atoms with Crippen LogP contribution in [0.1, 0.15) is 12.0 Å². The van der Waals surface area contributed by atoms with Crippen LogP contribution in [0, 0.1) is 5.82 Å². The monoisotopic (exact) mass is 393 g/mol. The van der Waals surface area contributed by atoms with E-state index in [0.29, 0.717) is 0 Å². The van der Waals surface area contributed by atoms with E-state index in [1.165, 1.54) is 13.2 Å². The molecule has 7 nitrogen and oxygen atoms in total. The first-order valence-corrected chi connectivity index (χ1v) is 7.98. The molecule has 1 atom stereocenters. The van der Waals surface area contributed by atoms with Gasteiger partial charge in [0, 0.05) is 0 Å². The van der Waals surface area contributed by atoms with Gasteiger partial charge < -0.3 is 15.2 Å². The number of halogens is 3. The maximum atomic E-state index is 14.2. The Kier molecular flexibility index (Phi) is 6.03. The van der Waals surface area contributed by atoms with Crippen LogP contribution in [0.25, 0.3) is 0 Å². The van der Waals surface area contributed by atoms with Gasteiger partial charge in [0.1, 0.15) is 5.25 Å². The average Bonchev–Trinajstić information content (AvgIpc) is 2.82. The number of carboxylic acids is 1. The summed E-state index contributed by atoms with van der Waals surface area (Å²) >= 11 is 12.6. The van der Waals surface area contributed by atoms with E-state index in [4.69, 9.17) is 33.0 Å². The van der Waals surface area contributed by atoms with Crippen LogP contribution in [0.3, 0.4) is 0 Å². The zero-order chi connectivity index (χ0) is 17.9. The number of thioether (sulfide) groups is 1. The van der Waals surface area contributed by atoms with Gasteiger partial charge in [0.25, 0.3) is 0 Å². The standard InChI is InChI=1S/C13H10Cl2FN3O4S/c1-23-11-7(15)2-6(14)5(10(11)16)4-17-19-13-18-12(22)8(24-13)3-9(20)21/h2,4,8H,3H2,1H3,(H,20,21)(H,18,19,22). The number of nitrogens with zero attached hydrogens (tertiary/aromatic N) is 2. The van der Waals surface area contributed by atoms with Crippen molar-refractivity contribution in [2.24, 2.45) is 10.2 Å². The molecule has 2 rings (SSSR count). The summed E-state index contributed by atoms with van der Waals surface area (Å²) in [6.07, 6.45) is 0.703. The van der Waals surface area contributed by atoms with Crippen LogP contribution in [0.15, 0.2) is 16.3 Å². The second-order valence-corrected chi connectivity index (χ2v) is 6.45. The largest absolute Gasteiger partial charge is 0.492 e. The Bertz CT molecular complexity index is 757. The van der Waals surface area contributed by atoms with E-state index in [0.717, 1.165) is 18.0 Å². The van der Waals surface area contributed by atoms with Gasteiger partial charge in [-0.3, -0.25) is 9.59 Å². The molecule has 1 aromatic rings. The highest BCUT2D eigenvalue weighted by atomic mass is 35.5. The summed E-state index contributed by atoms with van der Waals surface area (Å²) in [5, 5.41) is 17.8. The number of ether oxygens (including phenoxy) is 1. The second-order valence-electron chi connectivity index (χ2n) is 4.44. The van der Waals surface area contributed by atoms with Crippen LogP contribution in [-0.4, -0.2) is 40.7 Å². The lowest BCUT2D eigenvalue weighted by Gasteiger charge is -2.07. The van der Waals surface area contributed by atoms with Gasteiger partial charge in [0.2, 0.25) is 5.91 Å². The number of hydrogen-bond acceptors (Lipinski definition) is 6. The predicted molar refractivity (Wildman–Crippen MR) is 89.8 cm³/mol. The quantitative estimate of drug-likeness (QED) is 0.591. The molecule has 0 aliphatic carbocycles. The van der Waals surface area contributed by atoms with Crippen molar-refractivity contribution in [1.82, 2.24) is 5.32 Å². The average molecular weight is 394 g/mol. The predicted octanol–water partition coefficient (Wildman–Crippen LogP) is 2.54. The van der Waals surface area contributed by atoms with Gasteiger partial charge in [-0.25, -0.2) is 4.39 Å². The molecule has 0 radical (unpaired) electrons. The normalized spacial score (nSPS) is 19.1. The Hall–Kier alpha value is -1.84. The summed E-state index contributed by atoms with van der Waals surface area (Å²) in [5.74, 6) is -2.56. The third-order valence-corrected chi connectivity index (χ3v) is 4.51. The van der Waals surface area contributed by atoms with Crippen molar-refractivity contribution in [3.8, 4) is 5.75 Å². The van der Waals surface area contributed by atoms with Crippen molar-refractivity contribution < 1.29 is 23.8 Å². The summed E-state index contributed by atoms with van der Waals surface area (Å²) < 4.78 is 19.0. The summed E-state index contributed by atoms with van der Waals surface area (Å²) in [5.41, 5.74) is -0.0846. The molecule has 1 amide bonds. The number of hydrogen-bond donors (Lipinski definition) is 2. The van der Waals surface area contributed by atoms with Crippen molar-refractivity contribution in [2.75, 3.05) is 7.11 Å². The third kappa shape index (κ3) is 4.16. The number of methoxy groups -OCH3 is 1. The number of amides is 1. The number of carbonyl (C=O) groups is 2. The molecule has 1 fully saturated rings. The molecular formula is C13H10Cl2FN3O4S. The molecule has 1 saturated heterocycles. The minimum absolute atomic E-state index is 0.00844. The third-order valence-electron chi connectivity index (χ3n) is 2.84. The molecule has 1 aromatic carbocycles. The van der Waals surface area contributed by atoms with Crippen molar-refractivity contribution in [1.29, 1.82) is 0 Å². The lowest BCUT2D eigenvalue weighted by molar-refractivity contribution is -0.138. The van der Waals surface area contributed by atoms with E-state index in [1.54, 1.807) is 0 Å². The molecule has 0 spiro atoms. The fourth-order valence-corrected chi connectivity index (χ4v) is 3.26. The van der Waals surface area contributed by atoms with Gasteiger partial charge in [-0.15, -0.1) is 5.10 Å². The van der Waals surface area contributed by atoms with Crippen LogP contribution in [-0.2, 0) is 9.59 Å². The van der Waals surface area contributed by atoms with E-state index >= 15 is 0 Å². The lowest BCUT2D eigenvalue weighted by Crippen LogP contribution is -2.26. The summed E-state index contributed by atoms with van der Waals surface area (Å²) in [6, 6.07) is 1.30. The van der Waals surface area contributed by atoms with E-state index in [2.05, 4.69) is 15.5 Å². The smallest absolute Gasteiger partial charge is 0.305 e. The number of benzene rings is 1. The molecule has 1 heterocycles. The molecule has 1 unspecified atom stereocenters. The fourth-order valence-electron chi connectivity index (χ4n) is 1.78. The van der Waals surface area contributed by atoms with Gasteiger partial charge in [-0.05, 0) is 6.07 Å². The van der Waals surface area contributed by atoms with Gasteiger partial charge in [0.15, 0.2) is 16.7 Å². The fraction of sp³-hybridized carbons (Fsp3) is 0.231. The number of amidine groups is 1. The van der Waals surface area contributed by atoms with Crippen molar-refractivity contribution in [2.45, 2.75) is 11.7 Å². The zero-order valence-electron chi connectivity index (χ0n) is 12.0. The first-order chi connectivity index (χ1) is 11.3. The molecule has 0 aromatic heterocycles. The lowest BCUT2D eigenvalue weighted by atomic mass is 10.2. The molecule has 1 aliphatic heterocycles. The zero-order valence-corrected chi connectivity index (χ0v) is 14.4. The minimum atomic E-state index is -1.10. The van der Waals surface area contributed by atoms with E-state index < -0.39 is 22.9 Å². The molecule has 0 bridgehead atoms. The summed E-state index contributed by atoms with van der Waals surface area (Å²) in [6.45, 7) is 0. The molecule has 0 saturated carbocycles. The van der Waals surface area contributed by atoms with Gasteiger partial charge in [-0.2, -0.15) is 5.10 Å². The van der Waals surface area contributed by atoms with E-state index in [9.17, 15) is 14.0 Å². The number of aliphatic carboxylic acids is 1. The maximum Gasteiger partial charge on any atom is 0.305 e. The summed E-state index contributed by atoms with van der Waals surface area (Å²) in [4.78, 5) is 22.2. The first-order valence-electron chi connectivity index (χ1n) is 6.35. The van der Waals surface area contributed by atoms with Crippen LogP contribution in [0.5, 0.6) is 5.75 Å². The minimum Gasteiger partial charge on any atom is -0.492 e. The van der Waals surface area contributed by atoms with E-state index in [-0.39, 0.29) is 32.9 Å². The number of nitrogens with one attached hydrogen (secondary N) is 1. The Morgan fingerprint density at radius 1 is 1.54 bits per heavy atom. The second kappa shape index (κ2) is 7.82. The SMILES string of the molecule is COc1c(Cl)cc(Cl)c(C=NN=C2NC(=O)C(CC(=O)O)S2)c1F. The molecule has 1 aliphatic rings. The first kappa shape index (κ1) is 18.5. The highest BCUT2D eigenvalue weighted by molar-refractivity contribution is 8.15. The molecule has 24 heavy (non-hydrogen) atoms. The van der Waals surface area contributed by atoms with E-state index in [1.807, 2.05) is 0 Å².